The van der Waals surface area contributed by atoms with Gasteiger partial charge in [-0.3, -0.25) is 4.31 Å². The van der Waals surface area contributed by atoms with Crippen molar-refractivity contribution < 1.29 is 12.8 Å². The van der Waals surface area contributed by atoms with E-state index >= 15 is 4.39 Å². The monoisotopic (exact) mass is 565 g/mol. The third-order valence-corrected chi connectivity index (χ3v) is 9.25. The van der Waals surface area contributed by atoms with Gasteiger partial charge < -0.3 is 20.4 Å². The first-order valence-electron chi connectivity index (χ1n) is 13.8. The third kappa shape index (κ3) is 5.75. The number of aromatic nitrogens is 2. The molecule has 0 spiro atoms. The Morgan fingerprint density at radius 1 is 1.00 bits per heavy atom. The third-order valence-electron chi connectivity index (χ3n) is 7.40. The number of nitrogens with zero attached hydrogens (tertiary/aromatic N) is 5. The van der Waals surface area contributed by atoms with Crippen molar-refractivity contribution in [3.8, 4) is 0 Å². The fourth-order valence-electron chi connectivity index (χ4n) is 5.16. The van der Waals surface area contributed by atoms with E-state index in [0.29, 0.717) is 47.5 Å². The number of fused-ring (bicyclic) bond motifs is 1. The van der Waals surface area contributed by atoms with Gasteiger partial charge in [-0.05, 0) is 50.7 Å². The molecule has 0 saturated carbocycles. The first kappa shape index (κ1) is 27.9. The zero-order chi connectivity index (χ0) is 28.3. The normalized spacial score (nSPS) is 15.2. The summed E-state index contributed by atoms with van der Waals surface area (Å²) in [7, 11) is -3.47. The lowest BCUT2D eigenvalue weighted by Crippen LogP contribution is -2.46. The SMILES string of the molecule is CCN1CCN(c2ccc(Nc3nc4c(c(Nc5ccccc5N(CC)S(=O)(=O)CC)n3)C=CC4)cc2F)CC1. The average molecular weight is 566 g/mol. The molecule has 1 fully saturated rings. The highest BCUT2D eigenvalue weighted by Crippen LogP contribution is 2.34. The van der Waals surface area contributed by atoms with E-state index in [2.05, 4.69) is 32.3 Å². The summed E-state index contributed by atoms with van der Waals surface area (Å²) in [6.45, 7) is 10.3. The molecule has 2 N–H and O–H groups in total. The number of hydrogen-bond acceptors (Lipinski definition) is 8. The van der Waals surface area contributed by atoms with E-state index in [9.17, 15) is 8.42 Å². The molecule has 0 atom stereocenters. The maximum absolute atomic E-state index is 15.2. The molecule has 40 heavy (non-hydrogen) atoms. The van der Waals surface area contributed by atoms with Crippen LogP contribution in [0.25, 0.3) is 6.08 Å². The number of piperazine rings is 1. The summed E-state index contributed by atoms with van der Waals surface area (Å²) in [6, 6.07) is 12.4. The Balaban J connectivity index is 1.40. The van der Waals surface area contributed by atoms with Crippen LogP contribution in [0.15, 0.2) is 48.5 Å². The van der Waals surface area contributed by atoms with Gasteiger partial charge in [0.2, 0.25) is 16.0 Å². The van der Waals surface area contributed by atoms with E-state index in [-0.39, 0.29) is 11.6 Å². The Morgan fingerprint density at radius 3 is 2.48 bits per heavy atom. The Bertz CT molecular complexity index is 1500. The minimum atomic E-state index is -3.47. The van der Waals surface area contributed by atoms with E-state index in [1.165, 1.54) is 10.4 Å². The molecule has 2 heterocycles. The van der Waals surface area contributed by atoms with Gasteiger partial charge in [-0.25, -0.2) is 17.8 Å². The first-order valence-corrected chi connectivity index (χ1v) is 15.4. The fraction of sp³-hybridized carbons (Fsp3) is 0.379. The average Bonchev–Trinajstić information content (AvgIpc) is 3.43. The zero-order valence-electron chi connectivity index (χ0n) is 23.2. The van der Waals surface area contributed by atoms with Crippen LogP contribution >= 0.6 is 0 Å². The molecular weight excluding hydrogens is 529 g/mol. The number of hydrogen-bond donors (Lipinski definition) is 2. The number of para-hydroxylation sites is 2. The van der Waals surface area contributed by atoms with Gasteiger partial charge in [0.05, 0.1) is 28.5 Å². The number of benzene rings is 2. The number of sulfonamides is 1. The van der Waals surface area contributed by atoms with Crippen LogP contribution in [-0.2, 0) is 16.4 Å². The second-order valence-corrected chi connectivity index (χ2v) is 12.0. The summed E-state index contributed by atoms with van der Waals surface area (Å²) in [5.41, 5.74) is 3.99. The number of halogens is 1. The van der Waals surface area contributed by atoms with Gasteiger partial charge in [0.15, 0.2) is 0 Å². The van der Waals surface area contributed by atoms with Crippen molar-refractivity contribution in [2.45, 2.75) is 27.2 Å². The van der Waals surface area contributed by atoms with Crippen LogP contribution in [0.5, 0.6) is 0 Å². The molecule has 2 aliphatic rings. The van der Waals surface area contributed by atoms with Crippen molar-refractivity contribution in [1.82, 2.24) is 14.9 Å². The van der Waals surface area contributed by atoms with Crippen LogP contribution in [-0.4, -0.2) is 68.3 Å². The van der Waals surface area contributed by atoms with Crippen molar-refractivity contribution in [2.75, 3.05) is 64.9 Å². The molecular formula is C29H36FN7O2S. The molecule has 11 heteroatoms. The lowest BCUT2D eigenvalue weighted by molar-refractivity contribution is 0.270. The van der Waals surface area contributed by atoms with E-state index in [0.717, 1.165) is 44.0 Å². The van der Waals surface area contributed by atoms with E-state index < -0.39 is 10.0 Å². The van der Waals surface area contributed by atoms with Gasteiger partial charge in [0.25, 0.3) is 0 Å². The van der Waals surface area contributed by atoms with Gasteiger partial charge in [0.1, 0.15) is 11.6 Å². The second-order valence-electron chi connectivity index (χ2n) is 9.78. The molecule has 0 bridgehead atoms. The molecule has 2 aromatic carbocycles. The molecule has 0 amide bonds. The van der Waals surface area contributed by atoms with Crippen molar-refractivity contribution >= 4 is 50.6 Å². The van der Waals surface area contributed by atoms with E-state index in [1.807, 2.05) is 43.3 Å². The molecule has 3 aromatic rings. The molecule has 1 aromatic heterocycles. The molecule has 0 unspecified atom stereocenters. The molecule has 0 radical (unpaired) electrons. The van der Waals surface area contributed by atoms with Crippen molar-refractivity contribution in [2.24, 2.45) is 0 Å². The van der Waals surface area contributed by atoms with Crippen LogP contribution in [0, 0.1) is 5.82 Å². The van der Waals surface area contributed by atoms with Crippen molar-refractivity contribution in [3.63, 3.8) is 0 Å². The van der Waals surface area contributed by atoms with E-state index in [4.69, 9.17) is 4.98 Å². The summed E-state index contributed by atoms with van der Waals surface area (Å²) >= 11 is 0. The second kappa shape index (κ2) is 11.8. The lowest BCUT2D eigenvalue weighted by Gasteiger charge is -2.35. The minimum absolute atomic E-state index is 0.000814. The summed E-state index contributed by atoms with van der Waals surface area (Å²) in [5.74, 6) is 0.588. The lowest BCUT2D eigenvalue weighted by atomic mass is 10.2. The summed E-state index contributed by atoms with van der Waals surface area (Å²) in [4.78, 5) is 13.8. The van der Waals surface area contributed by atoms with Crippen molar-refractivity contribution in [1.29, 1.82) is 0 Å². The Morgan fingerprint density at radius 2 is 1.77 bits per heavy atom. The molecule has 9 nitrogen and oxygen atoms in total. The summed E-state index contributed by atoms with van der Waals surface area (Å²) in [6.07, 6.45) is 4.61. The minimum Gasteiger partial charge on any atom is -0.367 e. The highest BCUT2D eigenvalue weighted by molar-refractivity contribution is 7.92. The molecule has 1 aliphatic carbocycles. The Labute approximate surface area is 235 Å². The molecule has 1 saturated heterocycles. The summed E-state index contributed by atoms with van der Waals surface area (Å²) in [5, 5.41) is 6.51. The fourth-order valence-corrected chi connectivity index (χ4v) is 6.32. The standard InChI is InChI=1S/C29H36FN7O2S/c1-4-35-16-18-36(19-17-35)26-15-14-21(20-23(26)30)31-29-33-24-12-9-10-22(24)28(34-29)32-25-11-7-8-13-27(25)37(5-2)40(38,39)6-3/h7-11,13-15,20H,4-6,12,16-19H2,1-3H3,(H2,31,32,33,34). The van der Waals surface area contributed by atoms with Gasteiger partial charge >= 0.3 is 0 Å². The number of anilines is 6. The van der Waals surface area contributed by atoms with Crippen LogP contribution in [0.2, 0.25) is 0 Å². The zero-order valence-corrected chi connectivity index (χ0v) is 24.0. The van der Waals surface area contributed by atoms with Crippen LogP contribution in [0.4, 0.5) is 38.9 Å². The Kier molecular flexibility index (Phi) is 8.22. The van der Waals surface area contributed by atoms with Crippen LogP contribution in [0.3, 0.4) is 0 Å². The quantitative estimate of drug-likeness (QED) is 0.355. The van der Waals surface area contributed by atoms with E-state index in [1.54, 1.807) is 19.1 Å². The van der Waals surface area contributed by atoms with Gasteiger partial charge in [-0.1, -0.05) is 31.2 Å². The van der Waals surface area contributed by atoms with Gasteiger partial charge in [-0.15, -0.1) is 0 Å². The summed E-state index contributed by atoms with van der Waals surface area (Å²) < 4.78 is 42.1. The predicted molar refractivity (Wildman–Crippen MR) is 161 cm³/mol. The maximum Gasteiger partial charge on any atom is 0.234 e. The predicted octanol–water partition coefficient (Wildman–Crippen LogP) is 4.99. The molecule has 1 aliphatic heterocycles. The maximum atomic E-state index is 15.2. The van der Waals surface area contributed by atoms with Crippen LogP contribution in [0.1, 0.15) is 32.0 Å². The van der Waals surface area contributed by atoms with Crippen molar-refractivity contribution in [3.05, 3.63) is 65.6 Å². The number of allylic oxidation sites excluding steroid dienone is 1. The van der Waals surface area contributed by atoms with Gasteiger partial charge in [0, 0.05) is 50.4 Å². The largest absolute Gasteiger partial charge is 0.367 e. The smallest absolute Gasteiger partial charge is 0.234 e. The first-order chi connectivity index (χ1) is 19.3. The van der Waals surface area contributed by atoms with Gasteiger partial charge in [-0.2, -0.15) is 4.98 Å². The highest BCUT2D eigenvalue weighted by atomic mass is 32.2. The highest BCUT2D eigenvalue weighted by Gasteiger charge is 2.23. The molecule has 5 rings (SSSR count). The number of nitrogens with one attached hydrogen (secondary N) is 2. The Hall–Kier alpha value is -3.70. The number of likely N-dealkylation sites (N-methyl/N-ethyl adjacent to an activating group) is 1. The van der Waals surface area contributed by atoms with Crippen LogP contribution < -0.4 is 19.8 Å². The molecule has 212 valence electrons. The topological polar surface area (TPSA) is 93.7 Å². The number of rotatable bonds is 10.